The van der Waals surface area contributed by atoms with E-state index in [0.29, 0.717) is 6.08 Å². The number of allylic oxidation sites excluding steroid dienone is 1. The molecular weight excluding hydrogens is 532 g/mol. The van der Waals surface area contributed by atoms with E-state index >= 15 is 0 Å². The van der Waals surface area contributed by atoms with Gasteiger partial charge in [0.1, 0.15) is 0 Å². The van der Waals surface area contributed by atoms with E-state index < -0.39 is 45.7 Å². The van der Waals surface area contributed by atoms with Crippen LogP contribution in [0.1, 0.15) is 19.8 Å². The zero-order valence-electron chi connectivity index (χ0n) is 19.6. The second-order valence-corrected chi connectivity index (χ2v) is 11.1. The highest BCUT2D eigenvalue weighted by Gasteiger charge is 2.64. The molecule has 0 radical (unpaired) electrons. The normalized spacial score (nSPS) is 12.6. The summed E-state index contributed by atoms with van der Waals surface area (Å²) >= 11 is 0. The Morgan fingerprint density at radius 3 is 1.49 bits per heavy atom. The van der Waals surface area contributed by atoms with Gasteiger partial charge in [-0.2, -0.15) is 26.0 Å². The molecule has 0 aromatic heterocycles. The van der Waals surface area contributed by atoms with Crippen LogP contribution < -0.4 is 5.11 Å². The van der Waals surface area contributed by atoms with Crippen LogP contribution in [0.5, 0.6) is 0 Å². The van der Waals surface area contributed by atoms with E-state index in [9.17, 15) is 35.9 Å². The summed E-state index contributed by atoms with van der Waals surface area (Å²) in [6, 6.07) is 32.2. The Morgan fingerprint density at radius 2 is 1.19 bits per heavy atom. The maximum Gasteiger partial charge on any atom is 0.431 e. The average molecular weight is 557 g/mol. The molecule has 0 aliphatic rings. The molecule has 0 aliphatic carbocycles. The van der Waals surface area contributed by atoms with Crippen LogP contribution >= 0.6 is 0 Å². The van der Waals surface area contributed by atoms with E-state index in [1.165, 1.54) is 14.7 Å². The zero-order chi connectivity index (χ0) is 27.7. The van der Waals surface area contributed by atoms with Gasteiger partial charge in [-0.3, -0.25) is 4.55 Å². The molecular formula is C26H24F4O5S2. The number of hydrogen-bond acceptors (Lipinski definition) is 4. The summed E-state index contributed by atoms with van der Waals surface area (Å²) in [4.78, 5) is 14.2. The first-order valence-corrected chi connectivity index (χ1v) is 13.4. The van der Waals surface area contributed by atoms with Gasteiger partial charge in [-0.25, -0.2) is 0 Å². The van der Waals surface area contributed by atoms with Gasteiger partial charge in [0.25, 0.3) is 0 Å². The van der Waals surface area contributed by atoms with Crippen molar-refractivity contribution in [1.29, 1.82) is 0 Å². The van der Waals surface area contributed by atoms with Crippen molar-refractivity contribution < 1.29 is 40.4 Å². The van der Waals surface area contributed by atoms with E-state index in [-0.39, 0.29) is 10.9 Å². The minimum absolute atomic E-state index is 0.0146. The van der Waals surface area contributed by atoms with Gasteiger partial charge in [0, 0.05) is 6.42 Å². The van der Waals surface area contributed by atoms with Crippen molar-refractivity contribution in [3.63, 3.8) is 0 Å². The first kappa shape index (κ1) is 30.1. The van der Waals surface area contributed by atoms with Crippen molar-refractivity contribution in [3.05, 3.63) is 103 Å². The fourth-order valence-electron chi connectivity index (χ4n) is 2.97. The lowest BCUT2D eigenvalue weighted by Gasteiger charge is -2.23. The molecule has 3 rings (SSSR count). The maximum atomic E-state index is 12.9. The molecule has 0 atom stereocenters. The Labute approximate surface area is 215 Å². The average Bonchev–Trinajstić information content (AvgIpc) is 2.85. The van der Waals surface area contributed by atoms with Gasteiger partial charge in [0.2, 0.25) is 0 Å². The minimum atomic E-state index is -6.26. The van der Waals surface area contributed by atoms with Gasteiger partial charge in [-0.05, 0) is 55.3 Å². The monoisotopic (exact) mass is 556 g/mol. The molecule has 0 heterocycles. The smallest absolute Gasteiger partial charge is 0.431 e. The van der Waals surface area contributed by atoms with Gasteiger partial charge in [-0.1, -0.05) is 60.7 Å². The molecule has 0 aliphatic heterocycles. The topological polar surface area (TPSA) is 94.5 Å². The Morgan fingerprint density at radius 1 is 0.838 bits per heavy atom. The number of hydrogen-bond donors (Lipinski definition) is 1. The van der Waals surface area contributed by atoms with Crippen LogP contribution in [0.15, 0.2) is 117 Å². The van der Waals surface area contributed by atoms with Crippen molar-refractivity contribution in [1.82, 2.24) is 0 Å². The summed E-state index contributed by atoms with van der Waals surface area (Å²) < 4.78 is 79.3. The maximum absolute atomic E-state index is 12.9. The number of carbonyl (C=O) groups excluding carboxylic acids is 1. The summed E-state index contributed by atoms with van der Waals surface area (Å²) in [6.07, 6.45) is -1.79. The highest BCUT2D eigenvalue weighted by Crippen LogP contribution is 2.41. The van der Waals surface area contributed by atoms with Crippen molar-refractivity contribution >= 4 is 27.0 Å². The van der Waals surface area contributed by atoms with Gasteiger partial charge >= 0.3 is 21.3 Å². The third-order valence-electron chi connectivity index (χ3n) is 4.92. The van der Waals surface area contributed by atoms with Crippen LogP contribution in [0.4, 0.5) is 17.6 Å². The quantitative estimate of drug-likeness (QED) is 0.166. The summed E-state index contributed by atoms with van der Waals surface area (Å²) in [5.74, 6) is -6.69. The first-order chi connectivity index (χ1) is 17.3. The van der Waals surface area contributed by atoms with E-state index in [1.807, 2.05) is 0 Å². The lowest BCUT2D eigenvalue weighted by atomic mass is 10.1. The molecule has 1 N–H and O–H groups in total. The fourth-order valence-corrected chi connectivity index (χ4v) is 5.55. The van der Waals surface area contributed by atoms with Crippen molar-refractivity contribution in [2.75, 3.05) is 0 Å². The van der Waals surface area contributed by atoms with E-state index in [2.05, 4.69) is 91.0 Å². The van der Waals surface area contributed by atoms with E-state index in [4.69, 9.17) is 4.55 Å². The van der Waals surface area contributed by atoms with Crippen LogP contribution in [0.3, 0.4) is 0 Å². The lowest BCUT2D eigenvalue weighted by molar-refractivity contribution is -0.299. The molecule has 0 fully saturated rings. The molecule has 3 aromatic rings. The van der Waals surface area contributed by atoms with Gasteiger partial charge in [-0.15, -0.1) is 0 Å². The Bertz CT molecular complexity index is 1190. The predicted octanol–water partition coefficient (Wildman–Crippen LogP) is 5.36. The standard InChI is InChI=1S/C18H15S.C8H10F4O5S/c1-4-10-16(11-5-1)19(17-12-6-2-7-13-17)18-14-8-3-9-15-18;1-5(6(13)14)3-2-4-7(9,10)8(11,12)18(15,16)17/h1-15H;3H,2,4H2,1H3,(H,13,14)(H,15,16,17)/q+1;/p-1. The van der Waals surface area contributed by atoms with E-state index in [1.54, 1.807) is 0 Å². The number of aliphatic carboxylic acids is 1. The zero-order valence-corrected chi connectivity index (χ0v) is 21.2. The molecule has 37 heavy (non-hydrogen) atoms. The number of benzene rings is 3. The van der Waals surface area contributed by atoms with Crippen LogP contribution in [0, 0.1) is 0 Å². The van der Waals surface area contributed by atoms with Crippen LogP contribution in [0.2, 0.25) is 0 Å². The van der Waals surface area contributed by atoms with Crippen LogP contribution in [-0.2, 0) is 25.8 Å². The molecule has 5 nitrogen and oxygen atoms in total. The highest BCUT2D eigenvalue weighted by atomic mass is 32.2. The van der Waals surface area contributed by atoms with E-state index in [0.717, 1.165) is 6.92 Å². The number of alkyl halides is 4. The van der Waals surface area contributed by atoms with Crippen molar-refractivity contribution in [2.24, 2.45) is 0 Å². The Kier molecular flexibility index (Phi) is 10.5. The molecule has 0 saturated heterocycles. The van der Waals surface area contributed by atoms with Crippen LogP contribution in [-0.4, -0.2) is 30.1 Å². The largest absolute Gasteiger partial charge is 0.545 e. The van der Waals surface area contributed by atoms with Crippen LogP contribution in [0.25, 0.3) is 0 Å². The second-order valence-electron chi connectivity index (χ2n) is 7.65. The molecule has 198 valence electrons. The van der Waals surface area contributed by atoms with Gasteiger partial charge < -0.3 is 9.90 Å². The van der Waals surface area contributed by atoms with Crippen molar-refractivity contribution in [3.8, 4) is 0 Å². The molecule has 0 bridgehead atoms. The summed E-state index contributed by atoms with van der Waals surface area (Å²) in [5.41, 5.74) is -0.457. The molecule has 3 aromatic carbocycles. The lowest BCUT2D eigenvalue weighted by Crippen LogP contribution is -2.46. The molecule has 11 heteroatoms. The number of carbonyl (C=O) groups is 1. The molecule has 0 unspecified atom stereocenters. The third-order valence-corrected chi connectivity index (χ3v) is 8.09. The Hall–Kier alpha value is -3.15. The molecule has 0 amide bonds. The predicted molar refractivity (Wildman–Crippen MR) is 131 cm³/mol. The summed E-state index contributed by atoms with van der Waals surface area (Å²) in [5, 5.41) is 4.52. The second kappa shape index (κ2) is 12.9. The Balaban J connectivity index is 0.000000261. The SMILES string of the molecule is CC(=CCCC(F)(F)C(F)(F)S(=O)(=O)O)C(=O)[O-].c1ccc([S+](c2ccccc2)c2ccccc2)cc1. The fraction of sp³-hybridized carbons (Fsp3) is 0.192. The highest BCUT2D eigenvalue weighted by molar-refractivity contribution is 7.97. The summed E-state index contributed by atoms with van der Waals surface area (Å²) in [7, 11) is -6.27. The number of rotatable bonds is 9. The first-order valence-electron chi connectivity index (χ1n) is 10.8. The number of halogens is 4. The minimum Gasteiger partial charge on any atom is -0.545 e. The number of carboxylic acids is 1. The van der Waals surface area contributed by atoms with Gasteiger partial charge in [0.05, 0.1) is 16.9 Å². The van der Waals surface area contributed by atoms with Crippen molar-refractivity contribution in [2.45, 2.75) is 45.6 Å². The third kappa shape index (κ3) is 8.17. The van der Waals surface area contributed by atoms with Gasteiger partial charge in [0.15, 0.2) is 14.7 Å². The number of carboxylic acid groups (broad SMARTS) is 1. The summed E-state index contributed by atoms with van der Waals surface area (Å²) in [6.45, 7) is 0.994. The molecule has 0 spiro atoms. The molecule has 0 saturated carbocycles.